The van der Waals surface area contributed by atoms with Gasteiger partial charge in [-0.1, -0.05) is 0 Å². The normalized spacial score (nSPS) is 10.5. The zero-order chi connectivity index (χ0) is 19.6. The molecule has 2 aromatic carbocycles. The van der Waals surface area contributed by atoms with E-state index in [1.807, 2.05) is 24.3 Å². The molecule has 0 saturated heterocycles. The van der Waals surface area contributed by atoms with Crippen LogP contribution in [-0.2, 0) is 9.59 Å². The third kappa shape index (κ3) is 6.89. The van der Waals surface area contributed by atoms with E-state index in [2.05, 4.69) is 38.4 Å². The number of anilines is 1. The topological polar surface area (TPSA) is 89.0 Å². The molecule has 2 aromatic rings. The van der Waals surface area contributed by atoms with Crippen molar-refractivity contribution >= 4 is 46.3 Å². The minimum atomic E-state index is -0.343. The van der Waals surface area contributed by atoms with Gasteiger partial charge in [0.15, 0.2) is 11.5 Å². The molecule has 2 rings (SSSR count). The average Bonchev–Trinajstić information content (AvgIpc) is 2.68. The lowest BCUT2D eigenvalue weighted by molar-refractivity contribution is -0.124. The number of amides is 2. The summed E-state index contributed by atoms with van der Waals surface area (Å²) >= 11 is 2.19. The first-order valence-corrected chi connectivity index (χ1v) is 9.19. The van der Waals surface area contributed by atoms with Gasteiger partial charge in [-0.05, 0) is 70.6 Å². The zero-order valence-corrected chi connectivity index (χ0v) is 17.1. The van der Waals surface area contributed by atoms with Gasteiger partial charge in [0.2, 0.25) is 11.8 Å². The molecule has 8 heteroatoms. The summed E-state index contributed by atoms with van der Waals surface area (Å²) in [5, 5.41) is 6.63. The highest BCUT2D eigenvalue weighted by Gasteiger charge is 2.07. The highest BCUT2D eigenvalue weighted by atomic mass is 127. The standard InChI is InChI=1S/C19H20IN3O4/c1-26-16-8-3-13(11-17(16)27-2)12-21-23-19(25)10-9-18(24)22-15-6-4-14(20)5-7-15/h3-8,11-12H,9-10H2,1-2H3,(H,22,24)(H,23,25). The Bertz CT molecular complexity index is 822. The van der Waals surface area contributed by atoms with Crippen LogP contribution in [0.25, 0.3) is 0 Å². The summed E-state index contributed by atoms with van der Waals surface area (Å²) in [6.07, 6.45) is 1.61. The summed E-state index contributed by atoms with van der Waals surface area (Å²) in [6.45, 7) is 0. The molecular weight excluding hydrogens is 461 g/mol. The molecule has 0 unspecified atom stereocenters. The number of ether oxygens (including phenoxy) is 2. The van der Waals surface area contributed by atoms with Gasteiger partial charge in [0, 0.05) is 22.1 Å². The number of nitrogens with one attached hydrogen (secondary N) is 2. The molecule has 0 aliphatic carbocycles. The van der Waals surface area contributed by atoms with Gasteiger partial charge in [0.25, 0.3) is 0 Å². The van der Waals surface area contributed by atoms with Crippen molar-refractivity contribution in [1.29, 1.82) is 0 Å². The minimum Gasteiger partial charge on any atom is -0.493 e. The number of benzene rings is 2. The van der Waals surface area contributed by atoms with Crippen LogP contribution in [0.15, 0.2) is 47.6 Å². The molecule has 0 heterocycles. The summed E-state index contributed by atoms with van der Waals surface area (Å²) < 4.78 is 11.4. The van der Waals surface area contributed by atoms with Gasteiger partial charge in [-0.3, -0.25) is 9.59 Å². The van der Waals surface area contributed by atoms with E-state index in [0.717, 1.165) is 9.13 Å². The fourth-order valence-electron chi connectivity index (χ4n) is 2.15. The zero-order valence-electron chi connectivity index (χ0n) is 15.0. The summed E-state index contributed by atoms with van der Waals surface area (Å²) in [5.41, 5.74) is 3.84. The number of methoxy groups -OCH3 is 2. The van der Waals surface area contributed by atoms with Gasteiger partial charge in [-0.2, -0.15) is 5.10 Å². The van der Waals surface area contributed by atoms with Crippen LogP contribution >= 0.6 is 22.6 Å². The van der Waals surface area contributed by atoms with Crippen LogP contribution in [0.4, 0.5) is 5.69 Å². The van der Waals surface area contributed by atoms with Gasteiger partial charge in [-0.15, -0.1) is 0 Å². The molecule has 0 saturated carbocycles. The SMILES string of the molecule is COc1ccc(C=NNC(=O)CCC(=O)Nc2ccc(I)cc2)cc1OC. The fraction of sp³-hybridized carbons (Fsp3) is 0.211. The minimum absolute atomic E-state index is 0.0411. The quantitative estimate of drug-likeness (QED) is 0.345. The molecule has 27 heavy (non-hydrogen) atoms. The van der Waals surface area contributed by atoms with Gasteiger partial charge in [0.05, 0.1) is 20.4 Å². The van der Waals surface area contributed by atoms with E-state index in [1.54, 1.807) is 32.4 Å². The summed E-state index contributed by atoms with van der Waals surface area (Å²) in [7, 11) is 3.10. The fourth-order valence-corrected chi connectivity index (χ4v) is 2.51. The smallest absolute Gasteiger partial charge is 0.240 e. The summed E-state index contributed by atoms with van der Waals surface area (Å²) in [5.74, 6) is 0.609. The van der Waals surface area contributed by atoms with E-state index < -0.39 is 0 Å². The van der Waals surface area contributed by atoms with Crippen LogP contribution in [-0.4, -0.2) is 32.2 Å². The van der Waals surface area contributed by atoms with E-state index in [-0.39, 0.29) is 24.7 Å². The van der Waals surface area contributed by atoms with Crippen molar-refractivity contribution < 1.29 is 19.1 Å². The first kappa shape index (κ1) is 20.7. The molecule has 0 radical (unpaired) electrons. The Morgan fingerprint density at radius 2 is 1.67 bits per heavy atom. The maximum Gasteiger partial charge on any atom is 0.240 e. The number of hydrazone groups is 1. The van der Waals surface area contributed by atoms with Crippen LogP contribution in [0, 0.1) is 3.57 Å². The third-order valence-electron chi connectivity index (χ3n) is 3.52. The Balaban J connectivity index is 1.77. The van der Waals surface area contributed by atoms with E-state index in [4.69, 9.17) is 9.47 Å². The van der Waals surface area contributed by atoms with E-state index >= 15 is 0 Å². The monoisotopic (exact) mass is 481 g/mol. The molecule has 0 spiro atoms. The Kier molecular flexibility index (Phi) is 8.05. The van der Waals surface area contributed by atoms with Crippen molar-refractivity contribution in [3.8, 4) is 11.5 Å². The first-order chi connectivity index (χ1) is 13.0. The van der Waals surface area contributed by atoms with Gasteiger partial charge in [-0.25, -0.2) is 5.43 Å². The van der Waals surface area contributed by atoms with Crippen molar-refractivity contribution in [1.82, 2.24) is 5.43 Å². The maximum absolute atomic E-state index is 11.9. The molecule has 0 fully saturated rings. The van der Waals surface area contributed by atoms with Crippen LogP contribution in [0.5, 0.6) is 11.5 Å². The molecule has 142 valence electrons. The largest absolute Gasteiger partial charge is 0.493 e. The van der Waals surface area contributed by atoms with Crippen LogP contribution in [0.2, 0.25) is 0 Å². The Hall–Kier alpha value is -2.62. The molecule has 0 aromatic heterocycles. The molecule has 2 N–H and O–H groups in total. The molecule has 0 aliphatic heterocycles. The van der Waals surface area contributed by atoms with Gasteiger partial charge < -0.3 is 14.8 Å². The van der Waals surface area contributed by atoms with Gasteiger partial charge >= 0.3 is 0 Å². The van der Waals surface area contributed by atoms with Crippen LogP contribution < -0.4 is 20.2 Å². The highest BCUT2D eigenvalue weighted by molar-refractivity contribution is 14.1. The predicted octanol–water partition coefficient (Wildman–Crippen LogP) is 3.18. The van der Waals surface area contributed by atoms with Crippen molar-refractivity contribution in [3.63, 3.8) is 0 Å². The molecule has 0 aliphatic rings. The predicted molar refractivity (Wildman–Crippen MR) is 112 cm³/mol. The number of carbonyl (C=O) groups is 2. The van der Waals surface area contributed by atoms with Crippen molar-refractivity contribution in [2.24, 2.45) is 5.10 Å². The number of halogens is 1. The first-order valence-electron chi connectivity index (χ1n) is 8.11. The third-order valence-corrected chi connectivity index (χ3v) is 4.24. The van der Waals surface area contributed by atoms with Crippen LogP contribution in [0.3, 0.4) is 0 Å². The molecular formula is C19H20IN3O4. The molecule has 0 atom stereocenters. The van der Waals surface area contributed by atoms with E-state index in [1.165, 1.54) is 6.21 Å². The number of hydrogen-bond acceptors (Lipinski definition) is 5. The van der Waals surface area contributed by atoms with Crippen LogP contribution in [0.1, 0.15) is 18.4 Å². The van der Waals surface area contributed by atoms with Crippen molar-refractivity contribution in [2.75, 3.05) is 19.5 Å². The van der Waals surface area contributed by atoms with Crippen molar-refractivity contribution in [2.45, 2.75) is 12.8 Å². The Morgan fingerprint density at radius 3 is 2.33 bits per heavy atom. The second-order valence-electron chi connectivity index (χ2n) is 5.46. The Morgan fingerprint density at radius 1 is 1.00 bits per heavy atom. The molecule has 2 amide bonds. The molecule has 7 nitrogen and oxygen atoms in total. The lowest BCUT2D eigenvalue weighted by Gasteiger charge is -2.07. The average molecular weight is 481 g/mol. The number of nitrogens with zero attached hydrogens (tertiary/aromatic N) is 1. The summed E-state index contributed by atoms with van der Waals surface area (Å²) in [6, 6.07) is 12.7. The van der Waals surface area contributed by atoms with Crippen molar-refractivity contribution in [3.05, 3.63) is 51.6 Å². The van der Waals surface area contributed by atoms with Gasteiger partial charge in [0.1, 0.15) is 0 Å². The second-order valence-corrected chi connectivity index (χ2v) is 6.71. The maximum atomic E-state index is 11.9. The van der Waals surface area contributed by atoms with E-state index in [0.29, 0.717) is 17.2 Å². The second kappa shape index (κ2) is 10.5. The number of rotatable bonds is 8. The highest BCUT2D eigenvalue weighted by Crippen LogP contribution is 2.26. The lowest BCUT2D eigenvalue weighted by Crippen LogP contribution is -2.20. The number of carbonyl (C=O) groups excluding carboxylic acids is 2. The Labute approximate surface area is 171 Å². The lowest BCUT2D eigenvalue weighted by atomic mass is 10.2. The number of hydrogen-bond donors (Lipinski definition) is 2. The summed E-state index contributed by atoms with van der Waals surface area (Å²) in [4.78, 5) is 23.7. The van der Waals surface area contributed by atoms with E-state index in [9.17, 15) is 9.59 Å². The molecule has 0 bridgehead atoms.